The SMILES string of the molecule is CC1(C)CC(=NNC(=O)c2cccc([N+](=O)[O-])c2)CC(C)(C)N1C(=O)CCCC(=O)O. The van der Waals surface area contributed by atoms with E-state index in [1.807, 2.05) is 27.7 Å². The van der Waals surface area contributed by atoms with Crippen molar-refractivity contribution in [1.82, 2.24) is 10.3 Å². The second-order valence-electron chi connectivity index (χ2n) is 8.88. The number of amides is 2. The van der Waals surface area contributed by atoms with Crippen molar-refractivity contribution in [1.29, 1.82) is 0 Å². The first kappa shape index (κ1) is 24.0. The van der Waals surface area contributed by atoms with E-state index in [4.69, 9.17) is 5.11 Å². The lowest BCUT2D eigenvalue weighted by atomic mass is 9.78. The zero-order chi connectivity index (χ0) is 23.4. The summed E-state index contributed by atoms with van der Waals surface area (Å²) in [5.74, 6) is -1.60. The van der Waals surface area contributed by atoms with Crippen LogP contribution in [0.3, 0.4) is 0 Å². The molecule has 1 saturated heterocycles. The Morgan fingerprint density at radius 1 is 1.16 bits per heavy atom. The summed E-state index contributed by atoms with van der Waals surface area (Å²) < 4.78 is 0. The molecule has 0 spiro atoms. The lowest BCUT2D eigenvalue weighted by Gasteiger charge is -2.53. The van der Waals surface area contributed by atoms with Crippen molar-refractivity contribution in [3.8, 4) is 0 Å². The highest BCUT2D eigenvalue weighted by atomic mass is 16.6. The number of nitro groups is 1. The van der Waals surface area contributed by atoms with Gasteiger partial charge in [-0.15, -0.1) is 0 Å². The Kier molecular flexibility index (Phi) is 7.14. The van der Waals surface area contributed by atoms with Crippen LogP contribution in [0.4, 0.5) is 5.69 Å². The average Bonchev–Trinajstić information content (AvgIpc) is 2.63. The van der Waals surface area contributed by atoms with Gasteiger partial charge in [0.15, 0.2) is 0 Å². The van der Waals surface area contributed by atoms with Crippen LogP contribution in [0, 0.1) is 10.1 Å². The molecule has 2 rings (SSSR count). The van der Waals surface area contributed by atoms with E-state index in [-0.39, 0.29) is 36.4 Å². The standard InChI is InChI=1S/C21H28N4O6/c1-20(2)12-15(13-21(3,4)24(20)17(26)9-6-10-18(27)28)22-23-19(29)14-7-5-8-16(11-14)25(30)31/h5,7-8,11H,6,9-10,12-13H2,1-4H3,(H,23,29)(H,27,28). The van der Waals surface area contributed by atoms with Gasteiger partial charge in [0.2, 0.25) is 5.91 Å². The number of carboxylic acids is 1. The number of piperidine rings is 1. The maximum absolute atomic E-state index is 12.8. The molecule has 1 aromatic rings. The number of likely N-dealkylation sites (tertiary alicyclic amines) is 1. The number of carboxylic acid groups (broad SMARTS) is 1. The van der Waals surface area contributed by atoms with Crippen molar-refractivity contribution < 1.29 is 24.4 Å². The number of hydrazone groups is 1. The molecule has 0 saturated carbocycles. The molecule has 1 fully saturated rings. The van der Waals surface area contributed by atoms with Gasteiger partial charge in [-0.1, -0.05) is 6.07 Å². The number of rotatable bonds is 7. The molecule has 0 aliphatic carbocycles. The first-order valence-electron chi connectivity index (χ1n) is 9.99. The molecule has 1 heterocycles. The summed E-state index contributed by atoms with van der Waals surface area (Å²) in [4.78, 5) is 48.0. The first-order chi connectivity index (χ1) is 14.3. The van der Waals surface area contributed by atoms with Crippen molar-refractivity contribution in [3.63, 3.8) is 0 Å². The molecule has 0 bridgehead atoms. The summed E-state index contributed by atoms with van der Waals surface area (Å²) in [6.45, 7) is 7.61. The number of non-ortho nitro benzene ring substituents is 1. The third-order valence-corrected chi connectivity index (χ3v) is 5.15. The zero-order valence-electron chi connectivity index (χ0n) is 18.2. The average molecular weight is 432 g/mol. The van der Waals surface area contributed by atoms with Crippen molar-refractivity contribution >= 4 is 29.2 Å². The molecule has 2 amide bonds. The van der Waals surface area contributed by atoms with Crippen molar-refractivity contribution in [2.75, 3.05) is 0 Å². The largest absolute Gasteiger partial charge is 0.481 e. The second kappa shape index (κ2) is 9.23. The molecular weight excluding hydrogens is 404 g/mol. The topological polar surface area (TPSA) is 142 Å². The number of benzene rings is 1. The van der Waals surface area contributed by atoms with E-state index in [0.29, 0.717) is 18.6 Å². The van der Waals surface area contributed by atoms with Gasteiger partial charge in [-0.25, -0.2) is 5.43 Å². The van der Waals surface area contributed by atoms with Crippen LogP contribution in [0.25, 0.3) is 0 Å². The number of nitrogens with one attached hydrogen (secondary N) is 1. The van der Waals surface area contributed by atoms with E-state index < -0.39 is 27.9 Å². The monoisotopic (exact) mass is 432 g/mol. The minimum absolute atomic E-state index is 0.0587. The maximum atomic E-state index is 12.8. The molecule has 0 unspecified atom stereocenters. The van der Waals surface area contributed by atoms with Gasteiger partial charge in [0.05, 0.1) is 4.92 Å². The molecule has 1 aliphatic heterocycles. The highest BCUT2D eigenvalue weighted by Crippen LogP contribution is 2.37. The molecule has 10 heteroatoms. The minimum atomic E-state index is -0.932. The van der Waals surface area contributed by atoms with Crippen molar-refractivity contribution in [2.24, 2.45) is 5.10 Å². The summed E-state index contributed by atoms with van der Waals surface area (Å²) in [6, 6.07) is 5.38. The van der Waals surface area contributed by atoms with Crippen LogP contribution < -0.4 is 5.43 Å². The Labute approximate surface area is 180 Å². The number of carbonyl (C=O) groups excluding carboxylic acids is 2. The highest BCUT2D eigenvalue weighted by Gasteiger charge is 2.46. The smallest absolute Gasteiger partial charge is 0.303 e. The molecule has 0 radical (unpaired) electrons. The van der Waals surface area contributed by atoms with Crippen molar-refractivity contribution in [3.05, 3.63) is 39.9 Å². The molecule has 2 N–H and O–H groups in total. The molecule has 10 nitrogen and oxygen atoms in total. The van der Waals surface area contributed by atoms with Gasteiger partial charge in [-0.2, -0.15) is 5.10 Å². The Bertz CT molecular complexity index is 902. The normalized spacial score (nSPS) is 17.0. The summed E-state index contributed by atoms with van der Waals surface area (Å²) in [6.07, 6.45) is 1.22. The molecule has 0 atom stereocenters. The number of nitro benzene ring substituents is 1. The van der Waals surface area contributed by atoms with Gasteiger partial charge in [0.1, 0.15) is 0 Å². The van der Waals surface area contributed by atoms with E-state index in [1.165, 1.54) is 24.3 Å². The third kappa shape index (κ3) is 6.09. The van der Waals surface area contributed by atoms with Crippen LogP contribution in [-0.2, 0) is 9.59 Å². The van der Waals surface area contributed by atoms with Crippen LogP contribution in [0.1, 0.15) is 70.2 Å². The van der Waals surface area contributed by atoms with Gasteiger partial charge in [0.25, 0.3) is 11.6 Å². The Balaban J connectivity index is 2.12. The van der Waals surface area contributed by atoms with Crippen LogP contribution in [0.15, 0.2) is 29.4 Å². The Morgan fingerprint density at radius 2 is 1.77 bits per heavy atom. The maximum Gasteiger partial charge on any atom is 0.303 e. The van der Waals surface area contributed by atoms with Gasteiger partial charge < -0.3 is 10.0 Å². The quantitative estimate of drug-likeness (QED) is 0.501. The van der Waals surface area contributed by atoms with Crippen LogP contribution >= 0.6 is 0 Å². The predicted octanol–water partition coefficient (Wildman–Crippen LogP) is 3.12. The highest BCUT2D eigenvalue weighted by molar-refractivity contribution is 5.96. The van der Waals surface area contributed by atoms with Gasteiger partial charge in [-0.3, -0.25) is 24.5 Å². The fourth-order valence-corrected chi connectivity index (χ4v) is 4.25. The van der Waals surface area contributed by atoms with Crippen LogP contribution in [0.5, 0.6) is 0 Å². The lowest BCUT2D eigenvalue weighted by Crippen LogP contribution is -2.63. The van der Waals surface area contributed by atoms with Gasteiger partial charge in [0, 0.05) is 60.2 Å². The molecule has 1 aliphatic rings. The third-order valence-electron chi connectivity index (χ3n) is 5.15. The lowest BCUT2D eigenvalue weighted by molar-refractivity contribution is -0.384. The molecule has 0 aromatic heterocycles. The van der Waals surface area contributed by atoms with Gasteiger partial charge >= 0.3 is 5.97 Å². The van der Waals surface area contributed by atoms with E-state index in [1.54, 1.807) is 4.90 Å². The fourth-order valence-electron chi connectivity index (χ4n) is 4.25. The summed E-state index contributed by atoms with van der Waals surface area (Å²) in [7, 11) is 0. The molecule has 168 valence electrons. The van der Waals surface area contributed by atoms with Crippen LogP contribution in [0.2, 0.25) is 0 Å². The van der Waals surface area contributed by atoms with Crippen LogP contribution in [-0.4, -0.2) is 49.5 Å². The Morgan fingerprint density at radius 3 is 2.32 bits per heavy atom. The summed E-state index contributed by atoms with van der Waals surface area (Å²) >= 11 is 0. The zero-order valence-corrected chi connectivity index (χ0v) is 18.2. The van der Waals surface area contributed by atoms with E-state index >= 15 is 0 Å². The first-order valence-corrected chi connectivity index (χ1v) is 9.99. The fraction of sp³-hybridized carbons (Fsp3) is 0.524. The number of hydrogen-bond acceptors (Lipinski definition) is 6. The number of aliphatic carboxylic acids is 1. The molecule has 1 aromatic carbocycles. The Hall–Kier alpha value is -3.30. The van der Waals surface area contributed by atoms with E-state index in [0.717, 1.165) is 0 Å². The summed E-state index contributed by atoms with van der Waals surface area (Å²) in [5, 5.41) is 23.9. The van der Waals surface area contributed by atoms with E-state index in [2.05, 4.69) is 10.5 Å². The number of hydrogen-bond donors (Lipinski definition) is 2. The predicted molar refractivity (Wildman–Crippen MR) is 114 cm³/mol. The van der Waals surface area contributed by atoms with E-state index in [9.17, 15) is 24.5 Å². The number of carbonyl (C=O) groups is 3. The van der Waals surface area contributed by atoms with Gasteiger partial charge in [-0.05, 0) is 40.2 Å². The number of nitrogens with zero attached hydrogens (tertiary/aromatic N) is 3. The van der Waals surface area contributed by atoms with Crippen molar-refractivity contribution in [2.45, 2.75) is 70.9 Å². The summed E-state index contributed by atoms with van der Waals surface area (Å²) in [5.41, 5.74) is 1.93. The molecular formula is C21H28N4O6. The molecule has 31 heavy (non-hydrogen) atoms. The minimum Gasteiger partial charge on any atom is -0.481 e. The second-order valence-corrected chi connectivity index (χ2v) is 8.88.